The minimum atomic E-state index is -0.900. The minimum Gasteiger partial charge on any atom is -0.452 e. The van der Waals surface area contributed by atoms with Crippen LogP contribution in [0.2, 0.25) is 10.0 Å². The van der Waals surface area contributed by atoms with Crippen LogP contribution in [0.25, 0.3) is 0 Å². The predicted molar refractivity (Wildman–Crippen MR) is 94.0 cm³/mol. The van der Waals surface area contributed by atoms with Crippen LogP contribution in [0.5, 0.6) is 0 Å². The van der Waals surface area contributed by atoms with Gasteiger partial charge in [-0.05, 0) is 24.6 Å². The summed E-state index contributed by atoms with van der Waals surface area (Å²) in [7, 11) is 0. The lowest BCUT2D eigenvalue weighted by molar-refractivity contribution is -0.154. The number of hydrogen-bond donors (Lipinski definition) is 1. The normalized spacial score (nSPS) is 11.6. The SMILES string of the molecule is C[C@H](OC(=O)Cc1c(Cl)cccc1Cl)C(=O)NCc1ccccc1. The molecule has 1 amide bonds. The van der Waals surface area contributed by atoms with Gasteiger partial charge in [-0.1, -0.05) is 59.6 Å². The summed E-state index contributed by atoms with van der Waals surface area (Å²) in [6.07, 6.45) is -0.989. The molecule has 4 nitrogen and oxygen atoms in total. The largest absolute Gasteiger partial charge is 0.452 e. The van der Waals surface area contributed by atoms with Gasteiger partial charge in [0.15, 0.2) is 6.10 Å². The van der Waals surface area contributed by atoms with E-state index in [0.717, 1.165) is 5.56 Å². The van der Waals surface area contributed by atoms with Gasteiger partial charge in [0.1, 0.15) is 0 Å². The van der Waals surface area contributed by atoms with Crippen LogP contribution in [0, 0.1) is 0 Å². The van der Waals surface area contributed by atoms with Crippen LogP contribution in [0.15, 0.2) is 48.5 Å². The summed E-state index contributed by atoms with van der Waals surface area (Å²) in [6.45, 7) is 1.89. The second kappa shape index (κ2) is 8.71. The lowest BCUT2D eigenvalue weighted by atomic mass is 10.1. The Morgan fingerprint density at radius 2 is 1.67 bits per heavy atom. The Bertz CT molecular complexity index is 699. The highest BCUT2D eigenvalue weighted by Gasteiger charge is 2.19. The molecule has 6 heteroatoms. The monoisotopic (exact) mass is 365 g/mol. The smallest absolute Gasteiger partial charge is 0.311 e. The molecule has 126 valence electrons. The molecule has 0 aliphatic heterocycles. The molecule has 0 fully saturated rings. The number of hydrogen-bond acceptors (Lipinski definition) is 3. The first kappa shape index (κ1) is 18.3. The van der Waals surface area contributed by atoms with Crippen LogP contribution in [0.4, 0.5) is 0 Å². The zero-order valence-electron chi connectivity index (χ0n) is 13.1. The molecule has 0 radical (unpaired) electrons. The average Bonchev–Trinajstić information content (AvgIpc) is 2.57. The summed E-state index contributed by atoms with van der Waals surface area (Å²) in [4.78, 5) is 24.0. The first-order valence-corrected chi connectivity index (χ1v) is 8.17. The Balaban J connectivity index is 1.85. The maximum atomic E-state index is 12.0. The highest BCUT2D eigenvalue weighted by atomic mass is 35.5. The summed E-state index contributed by atoms with van der Waals surface area (Å²) in [6, 6.07) is 14.5. The molecule has 2 aromatic rings. The molecule has 1 atom stereocenters. The van der Waals surface area contributed by atoms with Crippen molar-refractivity contribution in [3.05, 3.63) is 69.7 Å². The topological polar surface area (TPSA) is 55.4 Å². The van der Waals surface area contributed by atoms with Crippen molar-refractivity contribution in [3.63, 3.8) is 0 Å². The van der Waals surface area contributed by atoms with Crippen LogP contribution in [0.1, 0.15) is 18.1 Å². The molecule has 2 rings (SSSR count). The molecule has 1 N–H and O–H groups in total. The van der Waals surface area contributed by atoms with E-state index in [9.17, 15) is 9.59 Å². The number of ether oxygens (including phenoxy) is 1. The summed E-state index contributed by atoms with van der Waals surface area (Å²) >= 11 is 12.0. The van der Waals surface area contributed by atoms with Crippen molar-refractivity contribution in [1.29, 1.82) is 0 Å². The Morgan fingerprint density at radius 3 is 2.29 bits per heavy atom. The van der Waals surface area contributed by atoms with Crippen LogP contribution in [-0.4, -0.2) is 18.0 Å². The fraction of sp³-hybridized carbons (Fsp3) is 0.222. The van der Waals surface area contributed by atoms with Gasteiger partial charge in [0.05, 0.1) is 6.42 Å². The molecule has 24 heavy (non-hydrogen) atoms. The van der Waals surface area contributed by atoms with E-state index in [1.807, 2.05) is 30.3 Å². The maximum Gasteiger partial charge on any atom is 0.311 e. The van der Waals surface area contributed by atoms with E-state index in [1.165, 1.54) is 6.92 Å². The number of halogens is 2. The van der Waals surface area contributed by atoms with E-state index in [1.54, 1.807) is 18.2 Å². The Kier molecular flexibility index (Phi) is 6.64. The van der Waals surface area contributed by atoms with Crippen LogP contribution >= 0.6 is 23.2 Å². The van der Waals surface area contributed by atoms with Gasteiger partial charge in [-0.3, -0.25) is 9.59 Å². The molecule has 0 saturated carbocycles. The lowest BCUT2D eigenvalue weighted by Crippen LogP contribution is -2.35. The molecular formula is C18H17Cl2NO3. The van der Waals surface area contributed by atoms with Crippen molar-refractivity contribution in [2.45, 2.75) is 26.0 Å². The number of carbonyl (C=O) groups is 2. The van der Waals surface area contributed by atoms with Gasteiger partial charge >= 0.3 is 5.97 Å². The van der Waals surface area contributed by atoms with Gasteiger partial charge in [-0.15, -0.1) is 0 Å². The van der Waals surface area contributed by atoms with E-state index in [0.29, 0.717) is 22.2 Å². The molecule has 0 heterocycles. The van der Waals surface area contributed by atoms with Crippen molar-refractivity contribution in [3.8, 4) is 0 Å². The van der Waals surface area contributed by atoms with Crippen LogP contribution < -0.4 is 5.32 Å². The number of esters is 1. The summed E-state index contributed by atoms with van der Waals surface area (Å²) in [5.41, 5.74) is 1.45. The summed E-state index contributed by atoms with van der Waals surface area (Å²) < 4.78 is 5.15. The molecule has 0 aliphatic rings. The van der Waals surface area contributed by atoms with Gasteiger partial charge in [0.25, 0.3) is 5.91 Å². The predicted octanol–water partition coefficient (Wildman–Crippen LogP) is 3.78. The van der Waals surface area contributed by atoms with E-state index in [-0.39, 0.29) is 12.3 Å². The van der Waals surface area contributed by atoms with Crippen molar-refractivity contribution in [2.24, 2.45) is 0 Å². The van der Waals surface area contributed by atoms with Gasteiger partial charge in [0.2, 0.25) is 0 Å². The van der Waals surface area contributed by atoms with Crippen molar-refractivity contribution in [2.75, 3.05) is 0 Å². The first-order chi connectivity index (χ1) is 11.5. The fourth-order valence-electron chi connectivity index (χ4n) is 2.07. The third kappa shape index (κ3) is 5.25. The fourth-order valence-corrected chi connectivity index (χ4v) is 2.60. The van der Waals surface area contributed by atoms with E-state index in [2.05, 4.69) is 5.32 Å². The van der Waals surface area contributed by atoms with Gasteiger partial charge in [0, 0.05) is 22.2 Å². The number of amides is 1. The van der Waals surface area contributed by atoms with Gasteiger partial charge < -0.3 is 10.1 Å². The molecule has 0 spiro atoms. The Hall–Kier alpha value is -2.04. The standard InChI is InChI=1S/C18H17Cl2NO3/c1-12(18(23)21-11-13-6-3-2-4-7-13)24-17(22)10-14-15(19)8-5-9-16(14)20/h2-9,12H,10-11H2,1H3,(H,21,23)/t12-/m0/s1. The quantitative estimate of drug-likeness (QED) is 0.792. The Labute approximate surface area is 150 Å². The number of carbonyl (C=O) groups excluding carboxylic acids is 2. The molecule has 0 unspecified atom stereocenters. The minimum absolute atomic E-state index is 0.0885. The first-order valence-electron chi connectivity index (χ1n) is 7.41. The summed E-state index contributed by atoms with van der Waals surface area (Å²) in [5.74, 6) is -0.926. The number of benzene rings is 2. The molecule has 0 saturated heterocycles. The third-order valence-electron chi connectivity index (χ3n) is 3.37. The van der Waals surface area contributed by atoms with Crippen LogP contribution in [0.3, 0.4) is 0 Å². The second-order valence-corrected chi connectivity index (χ2v) is 6.03. The maximum absolute atomic E-state index is 12.0. The third-order valence-corrected chi connectivity index (χ3v) is 4.08. The van der Waals surface area contributed by atoms with Crippen molar-refractivity contribution >= 4 is 35.1 Å². The van der Waals surface area contributed by atoms with E-state index >= 15 is 0 Å². The zero-order chi connectivity index (χ0) is 17.5. The van der Waals surface area contributed by atoms with Crippen LogP contribution in [-0.2, 0) is 27.3 Å². The van der Waals surface area contributed by atoms with Crippen molar-refractivity contribution < 1.29 is 14.3 Å². The lowest BCUT2D eigenvalue weighted by Gasteiger charge is -2.14. The van der Waals surface area contributed by atoms with Crippen molar-refractivity contribution in [1.82, 2.24) is 5.32 Å². The molecule has 2 aromatic carbocycles. The average molecular weight is 366 g/mol. The summed E-state index contributed by atoms with van der Waals surface area (Å²) in [5, 5.41) is 3.50. The highest BCUT2D eigenvalue weighted by molar-refractivity contribution is 6.36. The van der Waals surface area contributed by atoms with E-state index < -0.39 is 12.1 Å². The molecule has 0 bridgehead atoms. The number of rotatable bonds is 6. The highest BCUT2D eigenvalue weighted by Crippen LogP contribution is 2.25. The molecule has 0 aromatic heterocycles. The zero-order valence-corrected chi connectivity index (χ0v) is 14.6. The molecular weight excluding hydrogens is 349 g/mol. The second-order valence-electron chi connectivity index (χ2n) is 5.21. The number of nitrogens with one attached hydrogen (secondary N) is 1. The molecule has 0 aliphatic carbocycles. The van der Waals surface area contributed by atoms with Gasteiger partial charge in [-0.2, -0.15) is 0 Å². The van der Waals surface area contributed by atoms with Gasteiger partial charge in [-0.25, -0.2) is 0 Å². The van der Waals surface area contributed by atoms with E-state index in [4.69, 9.17) is 27.9 Å². The Morgan fingerprint density at radius 1 is 1.04 bits per heavy atom.